The SMILES string of the molecule is CC(C)(C)SCC1=C(C(=O)OCc2ccc([N+](=O)[O-])cc2)N2C(=O)C[C@H]2S1. The Morgan fingerprint density at radius 1 is 1.37 bits per heavy atom. The predicted octanol–water partition coefficient (Wildman–Crippen LogP) is 3.69. The Balaban J connectivity index is 1.69. The molecule has 0 N–H and O–H groups in total. The Labute approximate surface area is 165 Å². The van der Waals surface area contributed by atoms with E-state index in [4.69, 9.17) is 4.74 Å². The van der Waals surface area contributed by atoms with E-state index in [9.17, 15) is 19.7 Å². The number of fused-ring (bicyclic) bond motifs is 1. The molecule has 0 bridgehead atoms. The second kappa shape index (κ2) is 7.55. The molecule has 1 aromatic carbocycles. The number of non-ortho nitro benzene ring substituents is 1. The van der Waals surface area contributed by atoms with Gasteiger partial charge in [-0.3, -0.25) is 19.8 Å². The van der Waals surface area contributed by atoms with Crippen molar-refractivity contribution in [1.82, 2.24) is 4.90 Å². The van der Waals surface area contributed by atoms with E-state index in [1.807, 2.05) is 0 Å². The summed E-state index contributed by atoms with van der Waals surface area (Å²) in [6, 6.07) is 5.84. The molecule has 1 atom stereocenters. The van der Waals surface area contributed by atoms with Gasteiger partial charge in [0.15, 0.2) is 0 Å². The van der Waals surface area contributed by atoms with Gasteiger partial charge in [0.2, 0.25) is 5.91 Å². The van der Waals surface area contributed by atoms with Crippen molar-refractivity contribution >= 4 is 41.1 Å². The fourth-order valence-electron chi connectivity index (χ4n) is 2.63. The molecular formula is C18H20N2O5S2. The van der Waals surface area contributed by atoms with Gasteiger partial charge in [0.1, 0.15) is 12.3 Å². The van der Waals surface area contributed by atoms with Crippen molar-refractivity contribution < 1.29 is 19.2 Å². The van der Waals surface area contributed by atoms with Crippen LogP contribution >= 0.6 is 23.5 Å². The number of rotatable bonds is 6. The van der Waals surface area contributed by atoms with Crippen molar-refractivity contribution in [2.45, 2.75) is 43.9 Å². The zero-order chi connectivity index (χ0) is 19.8. The Hall–Kier alpha value is -2.00. The lowest BCUT2D eigenvalue weighted by Crippen LogP contribution is -2.48. The lowest BCUT2D eigenvalue weighted by atomic mass is 10.1. The molecular weight excluding hydrogens is 388 g/mol. The molecule has 0 spiro atoms. The first kappa shape index (κ1) is 19.8. The minimum absolute atomic E-state index is 0.00259. The molecule has 2 heterocycles. The van der Waals surface area contributed by atoms with Crippen LogP contribution in [-0.2, 0) is 20.9 Å². The number of β-lactam (4-membered cyclic amide) rings is 1. The van der Waals surface area contributed by atoms with Gasteiger partial charge in [-0.25, -0.2) is 4.79 Å². The Kier molecular flexibility index (Phi) is 5.53. The lowest BCUT2D eigenvalue weighted by molar-refractivity contribution is -0.384. The maximum absolute atomic E-state index is 12.7. The molecule has 27 heavy (non-hydrogen) atoms. The van der Waals surface area contributed by atoms with Crippen molar-refractivity contribution in [3.8, 4) is 0 Å². The molecule has 1 amide bonds. The summed E-state index contributed by atoms with van der Waals surface area (Å²) in [7, 11) is 0. The Morgan fingerprint density at radius 3 is 2.59 bits per heavy atom. The third-order valence-electron chi connectivity index (χ3n) is 4.04. The number of ether oxygens (including phenoxy) is 1. The zero-order valence-corrected chi connectivity index (χ0v) is 16.9. The Bertz CT molecular complexity index is 814. The molecule has 0 unspecified atom stereocenters. The molecule has 0 aliphatic carbocycles. The third kappa shape index (κ3) is 4.47. The first-order chi connectivity index (χ1) is 12.7. The molecule has 0 saturated carbocycles. The van der Waals surface area contributed by atoms with E-state index in [2.05, 4.69) is 20.8 Å². The van der Waals surface area contributed by atoms with Crippen molar-refractivity contribution in [2.24, 2.45) is 0 Å². The summed E-state index contributed by atoms with van der Waals surface area (Å²) < 4.78 is 5.44. The Morgan fingerprint density at radius 2 is 2.04 bits per heavy atom. The molecule has 9 heteroatoms. The zero-order valence-electron chi connectivity index (χ0n) is 15.3. The van der Waals surface area contributed by atoms with E-state index < -0.39 is 10.9 Å². The number of amides is 1. The largest absolute Gasteiger partial charge is 0.456 e. The van der Waals surface area contributed by atoms with Gasteiger partial charge in [-0.15, -0.1) is 11.8 Å². The van der Waals surface area contributed by atoms with Gasteiger partial charge >= 0.3 is 5.97 Å². The number of carbonyl (C=O) groups is 2. The van der Waals surface area contributed by atoms with E-state index in [0.29, 0.717) is 23.4 Å². The van der Waals surface area contributed by atoms with Crippen molar-refractivity contribution in [3.63, 3.8) is 0 Å². The van der Waals surface area contributed by atoms with Gasteiger partial charge in [0.25, 0.3) is 5.69 Å². The number of thioether (sulfide) groups is 2. The highest BCUT2D eigenvalue weighted by molar-refractivity contribution is 8.07. The number of carbonyl (C=O) groups excluding carboxylic acids is 2. The highest BCUT2D eigenvalue weighted by Gasteiger charge is 2.48. The summed E-state index contributed by atoms with van der Waals surface area (Å²) in [6.07, 6.45) is 0.438. The number of hydrogen-bond acceptors (Lipinski definition) is 7. The van der Waals surface area contributed by atoms with Crippen molar-refractivity contribution in [2.75, 3.05) is 5.75 Å². The average Bonchev–Trinajstić information content (AvgIpc) is 2.89. The number of nitro groups is 1. The van der Waals surface area contributed by atoms with Crippen molar-refractivity contribution in [1.29, 1.82) is 0 Å². The standard InChI is InChI=1S/C18H20N2O5S2/c1-18(2,3)26-10-13-16(19-14(21)8-15(19)27-13)17(22)25-9-11-4-6-12(7-5-11)20(23)24/h4-7,15H,8-10H2,1-3H3/t15-/m1/s1. The van der Waals surface area contributed by atoms with E-state index >= 15 is 0 Å². The molecule has 3 rings (SSSR count). The van der Waals surface area contributed by atoms with E-state index in [-0.39, 0.29) is 28.3 Å². The van der Waals surface area contributed by atoms with Gasteiger partial charge in [0, 0.05) is 27.5 Å². The summed E-state index contributed by atoms with van der Waals surface area (Å²) in [5.41, 5.74) is 0.979. The van der Waals surface area contributed by atoms with Crippen LogP contribution < -0.4 is 0 Å². The topological polar surface area (TPSA) is 89.8 Å². The summed E-state index contributed by atoms with van der Waals surface area (Å²) in [6.45, 7) is 6.30. The number of benzene rings is 1. The van der Waals surface area contributed by atoms with Gasteiger partial charge < -0.3 is 4.74 Å². The van der Waals surface area contributed by atoms with Crippen LogP contribution in [0.4, 0.5) is 5.69 Å². The summed E-state index contributed by atoms with van der Waals surface area (Å²) >= 11 is 3.27. The molecule has 7 nitrogen and oxygen atoms in total. The minimum atomic E-state index is -0.527. The van der Waals surface area contributed by atoms with E-state index in [1.54, 1.807) is 35.7 Å². The van der Waals surface area contributed by atoms with Crippen LogP contribution in [-0.4, -0.2) is 37.6 Å². The minimum Gasteiger partial charge on any atom is -0.456 e. The van der Waals surface area contributed by atoms with Crippen LogP contribution in [0.5, 0.6) is 0 Å². The molecule has 144 valence electrons. The van der Waals surface area contributed by atoms with E-state index in [1.165, 1.54) is 17.0 Å². The van der Waals surface area contributed by atoms with Crippen LogP contribution in [0.25, 0.3) is 0 Å². The van der Waals surface area contributed by atoms with Gasteiger partial charge in [-0.2, -0.15) is 11.8 Å². The normalized spacial score (nSPS) is 19.0. The van der Waals surface area contributed by atoms with Crippen molar-refractivity contribution in [3.05, 3.63) is 50.5 Å². The number of nitrogens with zero attached hydrogens (tertiary/aromatic N) is 2. The highest BCUT2D eigenvalue weighted by atomic mass is 32.2. The van der Waals surface area contributed by atoms with Crippen LogP contribution in [0.3, 0.4) is 0 Å². The molecule has 1 saturated heterocycles. The van der Waals surface area contributed by atoms with Gasteiger partial charge in [0.05, 0.1) is 16.7 Å². The molecule has 0 aromatic heterocycles. The van der Waals surface area contributed by atoms with Crippen LogP contribution in [0, 0.1) is 10.1 Å². The molecule has 1 aromatic rings. The first-order valence-electron chi connectivity index (χ1n) is 8.42. The smallest absolute Gasteiger partial charge is 0.356 e. The number of hydrogen-bond donors (Lipinski definition) is 0. The monoisotopic (exact) mass is 408 g/mol. The third-order valence-corrected chi connectivity index (χ3v) is 6.79. The van der Waals surface area contributed by atoms with Gasteiger partial charge in [-0.1, -0.05) is 20.8 Å². The van der Waals surface area contributed by atoms with Crippen LogP contribution in [0.2, 0.25) is 0 Å². The van der Waals surface area contributed by atoms with E-state index in [0.717, 1.165) is 4.91 Å². The quantitative estimate of drug-likeness (QED) is 0.307. The number of nitro benzene ring substituents is 1. The maximum Gasteiger partial charge on any atom is 0.356 e. The first-order valence-corrected chi connectivity index (χ1v) is 10.3. The second-order valence-corrected chi connectivity index (χ2v) is 10.3. The predicted molar refractivity (Wildman–Crippen MR) is 105 cm³/mol. The maximum atomic E-state index is 12.7. The fraction of sp³-hybridized carbons (Fsp3) is 0.444. The van der Waals surface area contributed by atoms with Crippen LogP contribution in [0.1, 0.15) is 32.8 Å². The molecule has 1 fully saturated rings. The molecule has 2 aliphatic rings. The second-order valence-electron chi connectivity index (χ2n) is 7.21. The van der Waals surface area contributed by atoms with Gasteiger partial charge in [-0.05, 0) is 17.7 Å². The highest BCUT2D eigenvalue weighted by Crippen LogP contribution is 2.48. The average molecular weight is 409 g/mol. The number of esters is 1. The summed E-state index contributed by atoms with van der Waals surface area (Å²) in [5.74, 6) is 0.0580. The summed E-state index contributed by atoms with van der Waals surface area (Å²) in [5, 5.41) is 10.7. The fourth-order valence-corrected chi connectivity index (χ4v) is 4.96. The lowest BCUT2D eigenvalue weighted by Gasteiger charge is -2.34. The molecule has 2 aliphatic heterocycles. The molecule has 0 radical (unpaired) electrons. The summed E-state index contributed by atoms with van der Waals surface area (Å²) in [4.78, 5) is 37.2. The van der Waals surface area contributed by atoms with Crippen LogP contribution in [0.15, 0.2) is 34.9 Å².